The third-order valence-electron chi connectivity index (χ3n) is 5.68. The lowest BCUT2D eigenvalue weighted by Crippen LogP contribution is -2.35. The normalized spacial score (nSPS) is 14.1. The summed E-state index contributed by atoms with van der Waals surface area (Å²) in [6.07, 6.45) is -1.67. The summed E-state index contributed by atoms with van der Waals surface area (Å²) in [5.41, 5.74) is -1.67. The fourth-order valence-corrected chi connectivity index (χ4v) is 4.09. The highest BCUT2D eigenvalue weighted by molar-refractivity contribution is 6.31. The van der Waals surface area contributed by atoms with E-state index in [1.807, 2.05) is 4.90 Å². The van der Waals surface area contributed by atoms with Gasteiger partial charge in [-0.05, 0) is 55.2 Å². The van der Waals surface area contributed by atoms with Crippen LogP contribution in [0.5, 0.6) is 17.4 Å². The van der Waals surface area contributed by atoms with Gasteiger partial charge < -0.3 is 14.4 Å². The fraction of sp³-hybridized carbons (Fsp3) is 0.333. The van der Waals surface area contributed by atoms with Gasteiger partial charge in [-0.25, -0.2) is 13.6 Å². The van der Waals surface area contributed by atoms with Crippen LogP contribution in [0.2, 0.25) is 5.02 Å². The lowest BCUT2D eigenvalue weighted by molar-refractivity contribution is -0.137. The largest absolute Gasteiger partial charge is 0.473 e. The monoisotopic (exact) mass is 529 g/mol. The molecule has 2 aromatic carbocycles. The van der Waals surface area contributed by atoms with Crippen molar-refractivity contribution < 1.29 is 31.4 Å². The summed E-state index contributed by atoms with van der Waals surface area (Å²) in [4.78, 5) is 18.2. The summed E-state index contributed by atoms with van der Waals surface area (Å²) in [7, 11) is 1.60. The number of aromatic nitrogens is 2. The average molecular weight is 530 g/mol. The van der Waals surface area contributed by atoms with Gasteiger partial charge in [-0.3, -0.25) is 4.57 Å². The fourth-order valence-electron chi connectivity index (χ4n) is 3.86. The second-order valence-corrected chi connectivity index (χ2v) is 8.67. The van der Waals surface area contributed by atoms with E-state index >= 15 is 0 Å². The van der Waals surface area contributed by atoms with Crippen LogP contribution in [-0.4, -0.2) is 22.6 Å². The van der Waals surface area contributed by atoms with Gasteiger partial charge in [-0.2, -0.15) is 18.2 Å². The Kier molecular flexibility index (Phi) is 7.39. The van der Waals surface area contributed by atoms with Crippen LogP contribution in [0.1, 0.15) is 30.4 Å². The van der Waals surface area contributed by atoms with Crippen molar-refractivity contribution in [2.24, 2.45) is 7.05 Å². The van der Waals surface area contributed by atoms with Crippen LogP contribution in [0.15, 0.2) is 41.2 Å². The Morgan fingerprint density at radius 3 is 2.33 bits per heavy atom. The lowest BCUT2D eigenvalue weighted by atomic mass is 10.1. The van der Waals surface area contributed by atoms with Crippen molar-refractivity contribution in [3.8, 4) is 17.4 Å². The number of benzene rings is 2. The Bertz CT molecular complexity index is 1300. The van der Waals surface area contributed by atoms with Crippen LogP contribution < -0.4 is 20.1 Å². The summed E-state index contributed by atoms with van der Waals surface area (Å²) in [6, 6.07) is 5.98. The number of anilines is 1. The van der Waals surface area contributed by atoms with Crippen LogP contribution in [-0.2, 0) is 19.8 Å². The molecule has 192 valence electrons. The Hall–Kier alpha value is -3.34. The summed E-state index contributed by atoms with van der Waals surface area (Å²) < 4.78 is 80.4. The zero-order valence-electron chi connectivity index (χ0n) is 19.0. The Labute approximate surface area is 207 Å². The van der Waals surface area contributed by atoms with E-state index in [0.717, 1.165) is 56.6 Å². The second-order valence-electron chi connectivity index (χ2n) is 8.26. The van der Waals surface area contributed by atoms with Crippen LogP contribution >= 0.6 is 11.6 Å². The van der Waals surface area contributed by atoms with E-state index in [-0.39, 0.29) is 18.1 Å². The molecule has 36 heavy (non-hydrogen) atoms. The van der Waals surface area contributed by atoms with Crippen molar-refractivity contribution in [1.82, 2.24) is 9.55 Å². The van der Waals surface area contributed by atoms with E-state index in [4.69, 9.17) is 21.1 Å². The van der Waals surface area contributed by atoms with Crippen molar-refractivity contribution in [2.45, 2.75) is 32.0 Å². The van der Waals surface area contributed by atoms with Crippen LogP contribution in [0.25, 0.3) is 0 Å². The molecule has 0 unspecified atom stereocenters. The molecule has 1 aliphatic heterocycles. The van der Waals surface area contributed by atoms with Crippen LogP contribution in [0.3, 0.4) is 0 Å². The van der Waals surface area contributed by atoms with E-state index in [1.54, 1.807) is 13.1 Å². The quantitative estimate of drug-likeness (QED) is 0.362. The SMILES string of the molecule is Cn1c(N2CCCCC2)cc(OCc2cc(F)c(Oc3ccc(Cl)c(C(F)(F)F)c3)c(F)c2)nc1=O. The Morgan fingerprint density at radius 2 is 1.69 bits per heavy atom. The van der Waals surface area contributed by atoms with Gasteiger partial charge in [0.25, 0.3) is 0 Å². The molecule has 0 saturated carbocycles. The number of alkyl halides is 3. The highest BCUT2D eigenvalue weighted by atomic mass is 35.5. The van der Waals surface area contributed by atoms with E-state index < -0.39 is 45.6 Å². The zero-order chi connectivity index (χ0) is 26.0. The third kappa shape index (κ3) is 5.72. The van der Waals surface area contributed by atoms with Gasteiger partial charge in [0.15, 0.2) is 17.4 Å². The van der Waals surface area contributed by atoms with Gasteiger partial charge in [0.2, 0.25) is 5.88 Å². The molecular formula is C24H21ClF5N3O3. The molecule has 0 radical (unpaired) electrons. The van der Waals surface area contributed by atoms with E-state index in [1.165, 1.54) is 4.57 Å². The Morgan fingerprint density at radius 1 is 1.03 bits per heavy atom. The number of ether oxygens (including phenoxy) is 2. The maximum atomic E-state index is 14.6. The number of hydrogen-bond acceptors (Lipinski definition) is 5. The van der Waals surface area contributed by atoms with Crippen molar-refractivity contribution in [3.05, 3.63) is 74.7 Å². The summed E-state index contributed by atoms with van der Waals surface area (Å²) in [5, 5.41) is -0.573. The van der Waals surface area contributed by atoms with Crippen molar-refractivity contribution >= 4 is 17.4 Å². The molecule has 0 bridgehead atoms. The topological polar surface area (TPSA) is 56.6 Å². The predicted molar refractivity (Wildman–Crippen MR) is 123 cm³/mol. The maximum Gasteiger partial charge on any atom is 0.417 e. The predicted octanol–water partition coefficient (Wildman–Crippen LogP) is 6.09. The van der Waals surface area contributed by atoms with Gasteiger partial charge in [0.05, 0.1) is 10.6 Å². The summed E-state index contributed by atoms with van der Waals surface area (Å²) in [5.74, 6) is -2.99. The highest BCUT2D eigenvalue weighted by Crippen LogP contribution is 2.38. The standard InChI is InChI=1S/C24H21ClF5N3O3/c1-32-21(33-7-3-2-4-8-33)12-20(31-23(32)34)35-13-14-9-18(26)22(19(27)10-14)36-15-5-6-17(25)16(11-15)24(28,29)30/h5-6,9-12H,2-4,7-8,13H2,1H3. The molecule has 12 heteroatoms. The first-order valence-corrected chi connectivity index (χ1v) is 11.4. The molecule has 0 atom stereocenters. The number of piperidine rings is 1. The summed E-state index contributed by atoms with van der Waals surface area (Å²) >= 11 is 5.56. The summed E-state index contributed by atoms with van der Waals surface area (Å²) in [6.45, 7) is 1.26. The molecule has 1 aliphatic rings. The molecule has 6 nitrogen and oxygen atoms in total. The number of nitrogens with zero attached hydrogens (tertiary/aromatic N) is 3. The highest BCUT2D eigenvalue weighted by Gasteiger charge is 2.33. The minimum Gasteiger partial charge on any atom is -0.473 e. The van der Waals surface area contributed by atoms with Crippen LogP contribution in [0.4, 0.5) is 27.8 Å². The van der Waals surface area contributed by atoms with Crippen molar-refractivity contribution in [2.75, 3.05) is 18.0 Å². The van der Waals surface area contributed by atoms with E-state index in [2.05, 4.69) is 4.98 Å². The van der Waals surface area contributed by atoms with Gasteiger partial charge in [-0.1, -0.05) is 11.6 Å². The zero-order valence-corrected chi connectivity index (χ0v) is 19.8. The molecule has 1 aromatic heterocycles. The minimum absolute atomic E-state index is 0.000612. The van der Waals surface area contributed by atoms with Gasteiger partial charge >= 0.3 is 11.9 Å². The average Bonchev–Trinajstić information content (AvgIpc) is 2.83. The van der Waals surface area contributed by atoms with Crippen LogP contribution in [0, 0.1) is 11.6 Å². The molecule has 4 rings (SSSR count). The molecule has 3 aromatic rings. The lowest BCUT2D eigenvalue weighted by Gasteiger charge is -2.29. The molecule has 0 spiro atoms. The molecule has 0 aliphatic carbocycles. The first kappa shape index (κ1) is 25.7. The maximum absolute atomic E-state index is 14.6. The molecular weight excluding hydrogens is 509 g/mol. The number of halogens is 6. The van der Waals surface area contributed by atoms with Gasteiger partial charge in [0, 0.05) is 26.2 Å². The number of rotatable bonds is 6. The molecule has 0 N–H and O–H groups in total. The van der Waals surface area contributed by atoms with E-state index in [9.17, 15) is 26.7 Å². The molecule has 1 saturated heterocycles. The van der Waals surface area contributed by atoms with Crippen molar-refractivity contribution in [3.63, 3.8) is 0 Å². The minimum atomic E-state index is -4.77. The molecule has 0 amide bonds. The Balaban J connectivity index is 1.51. The van der Waals surface area contributed by atoms with Gasteiger partial charge in [-0.15, -0.1) is 0 Å². The molecule has 2 heterocycles. The first-order valence-electron chi connectivity index (χ1n) is 11.0. The van der Waals surface area contributed by atoms with Gasteiger partial charge in [0.1, 0.15) is 18.2 Å². The smallest absolute Gasteiger partial charge is 0.417 e. The molecule has 1 fully saturated rings. The third-order valence-corrected chi connectivity index (χ3v) is 6.01. The van der Waals surface area contributed by atoms with Crippen molar-refractivity contribution in [1.29, 1.82) is 0 Å². The number of hydrogen-bond donors (Lipinski definition) is 0. The first-order chi connectivity index (χ1) is 17.0. The second kappa shape index (κ2) is 10.3. The van der Waals surface area contributed by atoms with E-state index in [0.29, 0.717) is 11.9 Å².